The summed E-state index contributed by atoms with van der Waals surface area (Å²) < 4.78 is 28.8. The van der Waals surface area contributed by atoms with Crippen LogP contribution < -0.4 is 19.1 Å². The summed E-state index contributed by atoms with van der Waals surface area (Å²) in [4.78, 5) is 97.4. The normalized spacial score (nSPS) is 20.8. The predicted octanol–water partition coefficient (Wildman–Crippen LogP) is 5.80. The van der Waals surface area contributed by atoms with Crippen molar-refractivity contribution in [2.75, 3.05) is 58.1 Å². The Morgan fingerprint density at radius 1 is 0.788 bits per heavy atom. The number of Topliss-reactive ketones (excluding diaryl/α,β-unsaturated/α-hetero) is 3. The fourth-order valence-electron chi connectivity index (χ4n) is 8.86. The monoisotopic (exact) mass is 908 g/mol. The van der Waals surface area contributed by atoms with Crippen LogP contribution in [0.15, 0.2) is 65.7 Å². The maximum atomic E-state index is 13.9. The predicted molar refractivity (Wildman–Crippen MR) is 240 cm³/mol. The molecule has 1 saturated heterocycles. The van der Waals surface area contributed by atoms with Gasteiger partial charge in [-0.05, 0) is 69.6 Å². The summed E-state index contributed by atoms with van der Waals surface area (Å²) in [6.07, 6.45) is 5.91. The van der Waals surface area contributed by atoms with Crippen molar-refractivity contribution in [3.63, 3.8) is 0 Å². The molecular formula is C49H56N4O13. The van der Waals surface area contributed by atoms with Gasteiger partial charge in [-0.15, -0.1) is 0 Å². The van der Waals surface area contributed by atoms with E-state index < -0.39 is 42.6 Å². The third kappa shape index (κ3) is 10.8. The number of aliphatic hydroxyl groups excluding tert-OH is 1. The minimum atomic E-state index is -1.52. The Morgan fingerprint density at radius 2 is 1.53 bits per heavy atom. The Morgan fingerprint density at radius 3 is 2.27 bits per heavy atom. The van der Waals surface area contributed by atoms with Crippen molar-refractivity contribution in [1.82, 2.24) is 9.80 Å². The second-order valence-corrected chi connectivity index (χ2v) is 17.2. The molecule has 5 aliphatic rings. The van der Waals surface area contributed by atoms with Gasteiger partial charge in [0.1, 0.15) is 11.5 Å². The summed E-state index contributed by atoms with van der Waals surface area (Å²) in [6, 6.07) is 5.83. The van der Waals surface area contributed by atoms with Crippen molar-refractivity contribution in [3.8, 4) is 17.2 Å². The number of anilines is 1. The number of amides is 4. The van der Waals surface area contributed by atoms with Crippen LogP contribution in [0.1, 0.15) is 90.5 Å². The van der Waals surface area contributed by atoms with E-state index in [0.29, 0.717) is 73.0 Å². The van der Waals surface area contributed by atoms with Gasteiger partial charge >= 0.3 is 6.09 Å². The number of carbonyl (C=O) groups excluding carboxylic acids is 7. The quantitative estimate of drug-likeness (QED) is 0.0894. The molecule has 17 heteroatoms. The van der Waals surface area contributed by atoms with E-state index in [1.165, 1.54) is 30.2 Å². The molecule has 1 N–H and O–H groups in total. The number of hydrogen-bond donors (Lipinski definition) is 1. The maximum Gasteiger partial charge on any atom is 0.416 e. The Bertz CT molecular complexity index is 2350. The van der Waals surface area contributed by atoms with Gasteiger partial charge in [0.2, 0.25) is 0 Å². The topological polar surface area (TPSA) is 208 Å². The van der Waals surface area contributed by atoms with Crippen molar-refractivity contribution in [2.24, 2.45) is 16.8 Å². The number of carbonyl (C=O) groups is 7. The Balaban J connectivity index is 0.887. The molecule has 4 atom stereocenters. The molecule has 1 aliphatic carbocycles. The lowest BCUT2D eigenvalue weighted by Crippen LogP contribution is -2.51. The number of aliphatic imine (C=N–C) groups is 1. The van der Waals surface area contributed by atoms with Crippen molar-refractivity contribution in [2.45, 2.75) is 83.4 Å². The number of hydrogen-bond acceptors (Lipinski definition) is 14. The third-order valence-corrected chi connectivity index (χ3v) is 12.4. The number of methoxy groups -OCH3 is 1. The van der Waals surface area contributed by atoms with Gasteiger partial charge in [0, 0.05) is 86.9 Å². The second-order valence-electron chi connectivity index (χ2n) is 17.2. The molecule has 1 unspecified atom stereocenters. The number of unbranched alkanes of at least 4 members (excludes halogenated alkanes) is 2. The first-order valence-electron chi connectivity index (χ1n) is 22.4. The van der Waals surface area contributed by atoms with E-state index in [1.54, 1.807) is 25.1 Å². The number of rotatable bonds is 21. The molecule has 350 valence electrons. The lowest BCUT2D eigenvalue weighted by Gasteiger charge is -2.31. The van der Waals surface area contributed by atoms with Gasteiger partial charge in [0.05, 0.1) is 49.9 Å². The first-order valence-corrected chi connectivity index (χ1v) is 22.4. The highest BCUT2D eigenvalue weighted by molar-refractivity contribution is 6.13. The van der Waals surface area contributed by atoms with Crippen molar-refractivity contribution in [3.05, 3.63) is 77.4 Å². The molecule has 66 heavy (non-hydrogen) atoms. The maximum absolute atomic E-state index is 13.9. The zero-order chi connectivity index (χ0) is 47.1. The molecule has 4 heterocycles. The molecule has 2 aromatic rings. The number of ether oxygens (including phenoxy) is 5. The van der Waals surface area contributed by atoms with Crippen LogP contribution in [-0.2, 0) is 28.7 Å². The lowest BCUT2D eigenvalue weighted by molar-refractivity contribution is -0.137. The minimum absolute atomic E-state index is 0.0169. The summed E-state index contributed by atoms with van der Waals surface area (Å²) >= 11 is 0. The van der Waals surface area contributed by atoms with Crippen molar-refractivity contribution >= 4 is 58.8 Å². The Labute approximate surface area is 383 Å². The molecule has 0 aromatic heterocycles. The fraction of sp³-hybridized carbons (Fsp3) is 0.469. The molecule has 2 aromatic carbocycles. The Hall–Kier alpha value is -6.46. The molecule has 4 amide bonds. The van der Waals surface area contributed by atoms with Gasteiger partial charge in [-0.3, -0.25) is 38.7 Å². The molecule has 17 nitrogen and oxygen atoms in total. The standard InChI is InChI=1S/C49H56N4O13/c1-29-19-32-26-50-38-24-43(42(62-4)23-36(38)46(58)35(32)20-29)65-17-7-5-6-16-64-41-25-39-37(22-31(41)3)47(59)52-27-30(2)21-40(52)48(60)53(39)49(61)66-28-34(55)13-18-63-15-8-9-33(54)12-14-51-44(56)10-11-45(51)57/h10-11,22-26,32,35,40,48,60H,1-2,5-9,12-21,27-28H2,3-4H3/t32-,35?,40-,48-/m0/s1. The first-order chi connectivity index (χ1) is 31.7. The van der Waals surface area contributed by atoms with Gasteiger partial charge < -0.3 is 33.7 Å². The number of allylic oxidation sites excluding steroid dienone is 1. The van der Waals surface area contributed by atoms with Crippen LogP contribution in [0.5, 0.6) is 17.2 Å². The van der Waals surface area contributed by atoms with Gasteiger partial charge in [0.25, 0.3) is 17.7 Å². The average Bonchev–Trinajstić information content (AvgIpc) is 3.95. The zero-order valence-corrected chi connectivity index (χ0v) is 37.4. The lowest BCUT2D eigenvalue weighted by atomic mass is 9.89. The van der Waals surface area contributed by atoms with E-state index in [2.05, 4.69) is 18.2 Å². The van der Waals surface area contributed by atoms with E-state index >= 15 is 0 Å². The molecule has 0 spiro atoms. The zero-order valence-electron chi connectivity index (χ0n) is 37.4. The second kappa shape index (κ2) is 21.2. The highest BCUT2D eigenvalue weighted by Gasteiger charge is 2.46. The molecular weight excluding hydrogens is 853 g/mol. The van der Waals surface area contributed by atoms with E-state index in [1.807, 2.05) is 6.21 Å². The summed E-state index contributed by atoms with van der Waals surface area (Å²) in [7, 11) is 1.54. The fourth-order valence-corrected chi connectivity index (χ4v) is 8.86. The molecule has 4 aliphatic heterocycles. The minimum Gasteiger partial charge on any atom is -0.493 e. The number of imide groups is 1. The smallest absolute Gasteiger partial charge is 0.416 e. The number of benzene rings is 2. The van der Waals surface area contributed by atoms with E-state index in [4.69, 9.17) is 23.7 Å². The summed E-state index contributed by atoms with van der Waals surface area (Å²) in [5, 5.41) is 11.6. The number of aryl methyl sites for hydroxylation is 1. The average molecular weight is 909 g/mol. The Kier molecular flexibility index (Phi) is 15.3. The van der Waals surface area contributed by atoms with Crippen molar-refractivity contribution < 1.29 is 62.4 Å². The van der Waals surface area contributed by atoms with Gasteiger partial charge in [-0.25, -0.2) is 9.69 Å². The van der Waals surface area contributed by atoms with Crippen LogP contribution in [0.4, 0.5) is 16.2 Å². The number of fused-ring (bicyclic) bond motifs is 4. The van der Waals surface area contributed by atoms with Crippen LogP contribution in [0.25, 0.3) is 0 Å². The van der Waals surface area contributed by atoms with Crippen LogP contribution in [0.3, 0.4) is 0 Å². The summed E-state index contributed by atoms with van der Waals surface area (Å²) in [5.74, 6) is -0.562. The summed E-state index contributed by atoms with van der Waals surface area (Å²) in [5.41, 5.74) is 3.75. The number of aliphatic hydroxyl groups is 1. The first kappa shape index (κ1) is 47.5. The largest absolute Gasteiger partial charge is 0.493 e. The van der Waals surface area contributed by atoms with Crippen LogP contribution in [0.2, 0.25) is 0 Å². The molecule has 0 bridgehead atoms. The van der Waals surface area contributed by atoms with Crippen LogP contribution in [0, 0.1) is 18.8 Å². The summed E-state index contributed by atoms with van der Waals surface area (Å²) in [6.45, 7) is 10.4. The van der Waals surface area contributed by atoms with Crippen LogP contribution >= 0.6 is 0 Å². The molecule has 1 saturated carbocycles. The van der Waals surface area contributed by atoms with Gasteiger partial charge in [0.15, 0.2) is 35.9 Å². The third-order valence-electron chi connectivity index (χ3n) is 12.4. The van der Waals surface area contributed by atoms with Crippen LogP contribution in [-0.4, -0.2) is 128 Å². The van der Waals surface area contributed by atoms with Gasteiger partial charge in [-0.1, -0.05) is 24.3 Å². The highest BCUT2D eigenvalue weighted by atomic mass is 16.6. The highest BCUT2D eigenvalue weighted by Crippen LogP contribution is 2.44. The SMILES string of the molecule is C=C1CC2C(=O)c3cc(OC)c(OCCCCCOc4cc5c(cc4C)C(=O)N4CC(=C)C[C@H]4[C@H](O)N5C(=O)OCC(=O)CCOCCCC(=O)CCN4C(=O)C=CC4=O)cc3N=C[C@@H]2C1. The number of ketones is 3. The molecule has 2 fully saturated rings. The molecule has 0 radical (unpaired) electrons. The van der Waals surface area contributed by atoms with E-state index in [0.717, 1.165) is 33.8 Å². The molecule has 7 rings (SSSR count). The van der Waals surface area contributed by atoms with E-state index in [-0.39, 0.29) is 92.5 Å². The number of nitrogens with zero attached hydrogens (tertiary/aromatic N) is 4. The van der Waals surface area contributed by atoms with Crippen molar-refractivity contribution in [1.29, 1.82) is 0 Å². The van der Waals surface area contributed by atoms with E-state index in [9.17, 15) is 38.7 Å². The van der Waals surface area contributed by atoms with Gasteiger partial charge in [-0.2, -0.15) is 0 Å².